The van der Waals surface area contributed by atoms with Crippen LogP contribution in [-0.4, -0.2) is 9.97 Å². The molecule has 0 fully saturated rings. The van der Waals surface area contributed by atoms with Gasteiger partial charge in [0.1, 0.15) is 5.75 Å². The summed E-state index contributed by atoms with van der Waals surface area (Å²) in [5.41, 5.74) is 2.21. The summed E-state index contributed by atoms with van der Waals surface area (Å²) in [7, 11) is 0. The number of thiazole rings is 1. The zero-order valence-corrected chi connectivity index (χ0v) is 17.2. The monoisotopic (exact) mass is 405 g/mol. The maximum Gasteiger partial charge on any atom is 0.188 e. The van der Waals surface area contributed by atoms with Gasteiger partial charge in [0.05, 0.1) is 5.69 Å². The van der Waals surface area contributed by atoms with E-state index in [-0.39, 0.29) is 0 Å². The van der Waals surface area contributed by atoms with Gasteiger partial charge in [-0.25, -0.2) is 9.97 Å². The van der Waals surface area contributed by atoms with E-state index in [2.05, 4.69) is 46.5 Å². The van der Waals surface area contributed by atoms with E-state index in [1.165, 1.54) is 10.5 Å². The molecular formula is C22H19N3OS2. The van der Waals surface area contributed by atoms with E-state index in [1.54, 1.807) is 23.1 Å². The number of rotatable bonds is 6. The third-order valence-corrected chi connectivity index (χ3v) is 5.69. The van der Waals surface area contributed by atoms with Crippen molar-refractivity contribution < 1.29 is 4.74 Å². The molecule has 140 valence electrons. The summed E-state index contributed by atoms with van der Waals surface area (Å²) in [6.45, 7) is 4.06. The predicted molar refractivity (Wildman–Crippen MR) is 116 cm³/mol. The summed E-state index contributed by atoms with van der Waals surface area (Å²) in [6, 6.07) is 20.1. The van der Waals surface area contributed by atoms with Crippen molar-refractivity contribution in [2.45, 2.75) is 23.6 Å². The number of para-hydroxylation sites is 1. The highest BCUT2D eigenvalue weighted by Crippen LogP contribution is 2.36. The van der Waals surface area contributed by atoms with Gasteiger partial charge in [0.2, 0.25) is 0 Å². The first-order chi connectivity index (χ1) is 13.7. The lowest BCUT2D eigenvalue weighted by molar-refractivity contribution is 0.481. The van der Waals surface area contributed by atoms with Crippen molar-refractivity contribution in [1.82, 2.24) is 9.97 Å². The highest BCUT2D eigenvalue weighted by Gasteiger charge is 2.12. The molecule has 0 spiro atoms. The van der Waals surface area contributed by atoms with E-state index < -0.39 is 0 Å². The Morgan fingerprint density at radius 2 is 1.82 bits per heavy atom. The standard InChI is InChI=1S/C22H19N3OS2/c1-15-7-6-10-18(11-15)28-19-12-20(26-17-8-4-3-5-9-17)21(23-13-19)25-22-24-16(2)14-27-22/h3-14H,1-2H3,(H,23,24,25). The van der Waals surface area contributed by atoms with Gasteiger partial charge in [-0.1, -0.05) is 47.7 Å². The lowest BCUT2D eigenvalue weighted by atomic mass is 10.2. The second-order valence-electron chi connectivity index (χ2n) is 6.27. The van der Waals surface area contributed by atoms with E-state index in [1.807, 2.05) is 54.9 Å². The van der Waals surface area contributed by atoms with Gasteiger partial charge in [-0.3, -0.25) is 0 Å². The molecule has 4 rings (SSSR count). The number of aromatic nitrogens is 2. The number of benzene rings is 2. The summed E-state index contributed by atoms with van der Waals surface area (Å²) in [5.74, 6) is 2.07. The second kappa shape index (κ2) is 8.46. The molecule has 0 unspecified atom stereocenters. The third-order valence-electron chi connectivity index (χ3n) is 3.87. The number of nitrogens with zero attached hydrogens (tertiary/aromatic N) is 2. The van der Waals surface area contributed by atoms with Crippen LogP contribution in [0.1, 0.15) is 11.3 Å². The molecule has 0 aliphatic carbocycles. The Hall–Kier alpha value is -2.83. The SMILES string of the molecule is Cc1cccc(Sc2cnc(Nc3nc(C)cs3)c(Oc3ccccc3)c2)c1. The third kappa shape index (κ3) is 4.71. The Bertz CT molecular complexity index is 1080. The first-order valence-electron chi connectivity index (χ1n) is 8.82. The molecule has 2 heterocycles. The van der Waals surface area contributed by atoms with Crippen LogP contribution >= 0.6 is 23.1 Å². The minimum Gasteiger partial charge on any atom is -0.453 e. The molecule has 1 N–H and O–H groups in total. The summed E-state index contributed by atoms with van der Waals surface area (Å²) >= 11 is 3.21. The molecule has 2 aromatic heterocycles. The van der Waals surface area contributed by atoms with Gasteiger partial charge in [-0.2, -0.15) is 0 Å². The van der Waals surface area contributed by atoms with Crippen LogP contribution in [0.25, 0.3) is 0 Å². The quantitative estimate of drug-likeness (QED) is 0.380. The number of hydrogen-bond acceptors (Lipinski definition) is 6. The molecule has 0 amide bonds. The average molecular weight is 406 g/mol. The van der Waals surface area contributed by atoms with Gasteiger partial charge in [0.15, 0.2) is 16.7 Å². The fraction of sp³-hybridized carbons (Fsp3) is 0.0909. The van der Waals surface area contributed by atoms with Crippen molar-refractivity contribution >= 4 is 34.0 Å². The smallest absolute Gasteiger partial charge is 0.188 e. The maximum absolute atomic E-state index is 6.13. The normalized spacial score (nSPS) is 10.6. The maximum atomic E-state index is 6.13. The van der Waals surface area contributed by atoms with Crippen molar-refractivity contribution in [1.29, 1.82) is 0 Å². The molecule has 4 nitrogen and oxygen atoms in total. The van der Waals surface area contributed by atoms with E-state index in [0.29, 0.717) is 11.6 Å². The minimum absolute atomic E-state index is 0.645. The number of ether oxygens (including phenoxy) is 1. The van der Waals surface area contributed by atoms with Crippen LogP contribution in [0.15, 0.2) is 82.0 Å². The number of hydrogen-bond donors (Lipinski definition) is 1. The Morgan fingerprint density at radius 1 is 0.964 bits per heavy atom. The van der Waals surface area contributed by atoms with Crippen LogP contribution in [0.5, 0.6) is 11.5 Å². The fourth-order valence-electron chi connectivity index (χ4n) is 2.60. The van der Waals surface area contributed by atoms with Gasteiger partial charge >= 0.3 is 0 Å². The lowest BCUT2D eigenvalue weighted by Crippen LogP contribution is -1.97. The molecule has 0 radical (unpaired) electrons. The largest absolute Gasteiger partial charge is 0.453 e. The number of aryl methyl sites for hydroxylation is 2. The van der Waals surface area contributed by atoms with Gasteiger partial charge in [0.25, 0.3) is 0 Å². The fourth-order valence-corrected chi connectivity index (χ4v) is 4.22. The Balaban J connectivity index is 1.65. The van der Waals surface area contributed by atoms with E-state index in [4.69, 9.17) is 4.74 Å². The summed E-state index contributed by atoms with van der Waals surface area (Å²) in [5, 5.41) is 6.07. The first kappa shape index (κ1) is 18.5. The molecule has 0 aliphatic rings. The molecule has 28 heavy (non-hydrogen) atoms. The van der Waals surface area contributed by atoms with Crippen molar-refractivity contribution in [3.8, 4) is 11.5 Å². The van der Waals surface area contributed by atoms with Crippen LogP contribution in [-0.2, 0) is 0 Å². The van der Waals surface area contributed by atoms with Crippen LogP contribution in [0.2, 0.25) is 0 Å². The van der Waals surface area contributed by atoms with Gasteiger partial charge in [0, 0.05) is 27.4 Å². The van der Waals surface area contributed by atoms with Crippen molar-refractivity contribution in [2.24, 2.45) is 0 Å². The molecule has 2 aromatic carbocycles. The molecule has 0 atom stereocenters. The van der Waals surface area contributed by atoms with Crippen LogP contribution in [0, 0.1) is 13.8 Å². The molecule has 0 aliphatic heterocycles. The Morgan fingerprint density at radius 3 is 2.57 bits per heavy atom. The number of pyridine rings is 1. The molecule has 4 aromatic rings. The summed E-state index contributed by atoms with van der Waals surface area (Å²) < 4.78 is 6.13. The minimum atomic E-state index is 0.645. The number of anilines is 2. The number of nitrogens with one attached hydrogen (secondary N) is 1. The average Bonchev–Trinajstić information content (AvgIpc) is 3.09. The zero-order valence-electron chi connectivity index (χ0n) is 15.5. The summed E-state index contributed by atoms with van der Waals surface area (Å²) in [4.78, 5) is 11.2. The molecule has 0 saturated heterocycles. The van der Waals surface area contributed by atoms with Crippen molar-refractivity contribution in [2.75, 3.05) is 5.32 Å². The molecule has 0 bridgehead atoms. The molecule has 0 saturated carbocycles. The van der Waals surface area contributed by atoms with Crippen LogP contribution < -0.4 is 10.1 Å². The van der Waals surface area contributed by atoms with Gasteiger partial charge < -0.3 is 10.1 Å². The molecular weight excluding hydrogens is 386 g/mol. The van der Waals surface area contributed by atoms with Gasteiger partial charge in [-0.05, 0) is 38.1 Å². The van der Waals surface area contributed by atoms with E-state index in [0.717, 1.165) is 21.5 Å². The van der Waals surface area contributed by atoms with E-state index in [9.17, 15) is 0 Å². The highest BCUT2D eigenvalue weighted by atomic mass is 32.2. The van der Waals surface area contributed by atoms with Crippen LogP contribution in [0.4, 0.5) is 10.9 Å². The van der Waals surface area contributed by atoms with Crippen molar-refractivity contribution in [3.63, 3.8) is 0 Å². The zero-order chi connectivity index (χ0) is 19.3. The Labute approximate surface area is 172 Å². The summed E-state index contributed by atoms with van der Waals surface area (Å²) in [6.07, 6.45) is 1.85. The topological polar surface area (TPSA) is 47.0 Å². The van der Waals surface area contributed by atoms with E-state index >= 15 is 0 Å². The molecule has 6 heteroatoms. The first-order valence-corrected chi connectivity index (χ1v) is 10.5. The predicted octanol–water partition coefficient (Wildman–Crippen LogP) is 6.84. The van der Waals surface area contributed by atoms with Gasteiger partial charge in [-0.15, -0.1) is 11.3 Å². The second-order valence-corrected chi connectivity index (χ2v) is 8.28. The Kier molecular flexibility index (Phi) is 5.60. The van der Waals surface area contributed by atoms with Crippen LogP contribution in [0.3, 0.4) is 0 Å². The highest BCUT2D eigenvalue weighted by molar-refractivity contribution is 7.99. The lowest BCUT2D eigenvalue weighted by Gasteiger charge is -2.12. The van der Waals surface area contributed by atoms with Crippen molar-refractivity contribution in [3.05, 3.63) is 83.5 Å².